The largest absolute Gasteiger partial charge is 0.457 e. The molecule has 1 heterocycles. The van der Waals surface area contributed by atoms with Crippen molar-refractivity contribution in [3.8, 4) is 11.5 Å². The first-order valence-corrected chi connectivity index (χ1v) is 7.41. The number of nitrogens with zero attached hydrogens (tertiary/aromatic N) is 1. The summed E-state index contributed by atoms with van der Waals surface area (Å²) in [6.07, 6.45) is 0. The fourth-order valence-corrected chi connectivity index (χ4v) is 2.16. The van der Waals surface area contributed by atoms with Crippen molar-refractivity contribution in [1.82, 2.24) is 0 Å². The zero-order valence-corrected chi connectivity index (χ0v) is 13.3. The quantitative estimate of drug-likeness (QED) is 0.544. The molecule has 0 atom stereocenters. The smallest absolute Gasteiger partial charge is 0.433 e. The number of aryl methyl sites for hydroxylation is 1. The number of nitro groups is 1. The van der Waals surface area contributed by atoms with Gasteiger partial charge in [0, 0.05) is 5.69 Å². The van der Waals surface area contributed by atoms with Gasteiger partial charge in [-0.3, -0.25) is 14.9 Å². The first-order valence-electron chi connectivity index (χ1n) is 7.41. The molecule has 0 aliphatic heterocycles. The van der Waals surface area contributed by atoms with Crippen LogP contribution in [0.5, 0.6) is 11.5 Å². The summed E-state index contributed by atoms with van der Waals surface area (Å²) in [6.45, 7) is 1.98. The standard InChI is InChI=1S/C18H14N2O5/c1-12-3-2-4-15(11-12)24-14-7-5-13(6-8-14)19-18(21)16-9-10-17(25-16)20(22)23/h2-11H,1H3,(H,19,21). The Balaban J connectivity index is 1.65. The third kappa shape index (κ3) is 4.03. The Morgan fingerprint density at radius 3 is 2.48 bits per heavy atom. The zero-order valence-electron chi connectivity index (χ0n) is 13.3. The van der Waals surface area contributed by atoms with Gasteiger partial charge in [0.25, 0.3) is 5.91 Å². The molecule has 7 nitrogen and oxygen atoms in total. The molecule has 7 heteroatoms. The van der Waals surface area contributed by atoms with Gasteiger partial charge >= 0.3 is 5.88 Å². The van der Waals surface area contributed by atoms with E-state index in [2.05, 4.69) is 5.32 Å². The molecule has 1 amide bonds. The molecule has 0 saturated heterocycles. The molecule has 126 valence electrons. The van der Waals surface area contributed by atoms with E-state index in [1.165, 1.54) is 6.07 Å². The average Bonchev–Trinajstić information content (AvgIpc) is 3.07. The predicted octanol–water partition coefficient (Wildman–Crippen LogP) is 4.54. The van der Waals surface area contributed by atoms with Crippen molar-refractivity contribution in [3.05, 3.63) is 82.1 Å². The number of carbonyl (C=O) groups excluding carboxylic acids is 1. The number of rotatable bonds is 5. The van der Waals surface area contributed by atoms with Crippen LogP contribution < -0.4 is 10.1 Å². The summed E-state index contributed by atoms with van der Waals surface area (Å²) in [6, 6.07) is 16.8. The monoisotopic (exact) mass is 338 g/mol. The Hall–Kier alpha value is -3.61. The first-order chi connectivity index (χ1) is 12.0. The number of amides is 1. The van der Waals surface area contributed by atoms with E-state index in [4.69, 9.17) is 9.15 Å². The van der Waals surface area contributed by atoms with E-state index >= 15 is 0 Å². The van der Waals surface area contributed by atoms with Crippen LogP contribution in [0.3, 0.4) is 0 Å². The molecule has 0 bridgehead atoms. The fraction of sp³-hybridized carbons (Fsp3) is 0.0556. The molecule has 0 fully saturated rings. The molecular weight excluding hydrogens is 324 g/mol. The number of nitrogens with one attached hydrogen (secondary N) is 1. The molecule has 3 rings (SSSR count). The van der Waals surface area contributed by atoms with Gasteiger partial charge in [0.05, 0.1) is 6.07 Å². The normalized spacial score (nSPS) is 10.3. The molecule has 0 radical (unpaired) electrons. The van der Waals surface area contributed by atoms with Gasteiger partial charge in [-0.15, -0.1) is 0 Å². The van der Waals surface area contributed by atoms with E-state index in [0.717, 1.165) is 17.4 Å². The molecular formula is C18H14N2O5. The van der Waals surface area contributed by atoms with Gasteiger partial charge in [-0.1, -0.05) is 12.1 Å². The van der Waals surface area contributed by atoms with Crippen molar-refractivity contribution >= 4 is 17.5 Å². The second-order valence-corrected chi connectivity index (χ2v) is 5.29. The van der Waals surface area contributed by atoms with E-state index in [-0.39, 0.29) is 5.76 Å². The molecule has 1 N–H and O–H groups in total. The van der Waals surface area contributed by atoms with Crippen LogP contribution >= 0.6 is 0 Å². The number of carbonyl (C=O) groups is 1. The molecule has 0 spiro atoms. The van der Waals surface area contributed by atoms with Crippen molar-refractivity contribution in [2.24, 2.45) is 0 Å². The van der Waals surface area contributed by atoms with E-state index in [0.29, 0.717) is 11.4 Å². The van der Waals surface area contributed by atoms with Crippen molar-refractivity contribution in [1.29, 1.82) is 0 Å². The lowest BCUT2D eigenvalue weighted by molar-refractivity contribution is -0.402. The second kappa shape index (κ2) is 6.88. The zero-order chi connectivity index (χ0) is 17.8. The highest BCUT2D eigenvalue weighted by molar-refractivity contribution is 6.02. The van der Waals surface area contributed by atoms with Gasteiger partial charge in [0.1, 0.15) is 16.4 Å². The second-order valence-electron chi connectivity index (χ2n) is 5.29. The van der Waals surface area contributed by atoms with Gasteiger partial charge in [-0.2, -0.15) is 0 Å². The highest BCUT2D eigenvalue weighted by atomic mass is 16.6. The summed E-state index contributed by atoms with van der Waals surface area (Å²) in [5.41, 5.74) is 1.61. The third-order valence-corrected chi connectivity index (χ3v) is 3.33. The lowest BCUT2D eigenvalue weighted by atomic mass is 10.2. The van der Waals surface area contributed by atoms with Gasteiger partial charge < -0.3 is 14.5 Å². The molecule has 0 saturated carbocycles. The highest BCUT2D eigenvalue weighted by Crippen LogP contribution is 2.24. The number of hydrogen-bond donors (Lipinski definition) is 1. The third-order valence-electron chi connectivity index (χ3n) is 3.33. The van der Waals surface area contributed by atoms with E-state index in [9.17, 15) is 14.9 Å². The summed E-state index contributed by atoms with van der Waals surface area (Å²) >= 11 is 0. The van der Waals surface area contributed by atoms with Crippen molar-refractivity contribution in [3.63, 3.8) is 0 Å². The minimum absolute atomic E-state index is 0.133. The Bertz CT molecular complexity index is 915. The molecule has 0 aliphatic rings. The molecule has 2 aromatic carbocycles. The fourth-order valence-electron chi connectivity index (χ4n) is 2.16. The Labute approximate surface area is 143 Å². The van der Waals surface area contributed by atoms with E-state index < -0.39 is 16.7 Å². The van der Waals surface area contributed by atoms with Gasteiger partial charge in [-0.05, 0) is 55.0 Å². The maximum atomic E-state index is 12.0. The topological polar surface area (TPSA) is 94.6 Å². The van der Waals surface area contributed by atoms with Crippen LogP contribution in [0.4, 0.5) is 11.6 Å². The van der Waals surface area contributed by atoms with E-state index in [1.54, 1.807) is 24.3 Å². The predicted molar refractivity (Wildman–Crippen MR) is 91.0 cm³/mol. The average molecular weight is 338 g/mol. The lowest BCUT2D eigenvalue weighted by Gasteiger charge is -2.08. The minimum Gasteiger partial charge on any atom is -0.457 e. The summed E-state index contributed by atoms with van der Waals surface area (Å²) < 4.78 is 10.6. The van der Waals surface area contributed by atoms with Crippen LogP contribution in [0.2, 0.25) is 0 Å². The Morgan fingerprint density at radius 2 is 1.84 bits per heavy atom. The summed E-state index contributed by atoms with van der Waals surface area (Å²) in [7, 11) is 0. The molecule has 25 heavy (non-hydrogen) atoms. The number of ether oxygens (including phenoxy) is 1. The maximum absolute atomic E-state index is 12.0. The number of furan rings is 1. The van der Waals surface area contributed by atoms with E-state index in [1.807, 2.05) is 31.2 Å². The summed E-state index contributed by atoms with van der Waals surface area (Å²) in [5, 5.41) is 13.2. The minimum atomic E-state index is -0.700. The van der Waals surface area contributed by atoms with Crippen LogP contribution in [-0.4, -0.2) is 10.8 Å². The number of anilines is 1. The SMILES string of the molecule is Cc1cccc(Oc2ccc(NC(=O)c3ccc([N+](=O)[O-])o3)cc2)c1. The van der Waals surface area contributed by atoms with Crippen LogP contribution in [0.1, 0.15) is 16.1 Å². The summed E-state index contributed by atoms with van der Waals surface area (Å²) in [5.74, 6) is 0.163. The highest BCUT2D eigenvalue weighted by Gasteiger charge is 2.17. The summed E-state index contributed by atoms with van der Waals surface area (Å²) in [4.78, 5) is 21.9. The maximum Gasteiger partial charge on any atom is 0.433 e. The molecule has 3 aromatic rings. The van der Waals surface area contributed by atoms with Crippen LogP contribution in [0.15, 0.2) is 65.1 Å². The lowest BCUT2D eigenvalue weighted by Crippen LogP contribution is -2.10. The van der Waals surface area contributed by atoms with Crippen molar-refractivity contribution in [2.75, 3.05) is 5.32 Å². The number of benzene rings is 2. The van der Waals surface area contributed by atoms with Crippen LogP contribution in [0.25, 0.3) is 0 Å². The van der Waals surface area contributed by atoms with Crippen molar-refractivity contribution in [2.45, 2.75) is 6.92 Å². The van der Waals surface area contributed by atoms with Gasteiger partial charge in [0.2, 0.25) is 0 Å². The molecule has 0 aliphatic carbocycles. The van der Waals surface area contributed by atoms with Crippen molar-refractivity contribution < 1.29 is 18.9 Å². The molecule has 1 aromatic heterocycles. The number of hydrogen-bond acceptors (Lipinski definition) is 5. The van der Waals surface area contributed by atoms with Crippen LogP contribution in [-0.2, 0) is 0 Å². The van der Waals surface area contributed by atoms with Crippen LogP contribution in [0, 0.1) is 17.0 Å². The first kappa shape index (κ1) is 16.3. The molecule has 0 unspecified atom stereocenters. The Morgan fingerprint density at radius 1 is 1.08 bits per heavy atom. The van der Waals surface area contributed by atoms with Gasteiger partial charge in [-0.25, -0.2) is 0 Å². The Kier molecular flexibility index (Phi) is 4.47. The van der Waals surface area contributed by atoms with Gasteiger partial charge in [0.15, 0.2) is 5.76 Å².